The van der Waals surface area contributed by atoms with E-state index in [4.69, 9.17) is 19.8 Å². The van der Waals surface area contributed by atoms with E-state index in [0.717, 1.165) is 63.5 Å². The Hall–Kier alpha value is -5.02. The summed E-state index contributed by atoms with van der Waals surface area (Å²) in [5.74, 6) is 0.547. The Morgan fingerprint density at radius 3 is 1.88 bits per heavy atom. The maximum atomic E-state index is 12.4. The van der Waals surface area contributed by atoms with Crippen LogP contribution in [-0.4, -0.2) is 43.5 Å². The zero-order valence-electron chi connectivity index (χ0n) is 28.5. The van der Waals surface area contributed by atoms with Crippen LogP contribution in [0.1, 0.15) is 63.1 Å². The predicted molar refractivity (Wildman–Crippen MR) is 202 cm³/mol. The summed E-state index contributed by atoms with van der Waals surface area (Å²) in [5.41, 5.74) is 4.28. The standard InChI is InChI=1S/C41H41BrN6O2/c1-40(2,3)50-39(49)45-34-24-22-33(23-25-34)44-38-43-27-35-36(28-14-13-21-32(42)26-28)47-48(37(35)46-38)41(29-15-7-4-8-16-29,30-17-9-5-10-18-30)31-19-11-6-12-20-31/h4-21,26-27,33-34H,22-25H2,1-3H3,(H,45,49)(H,43,44,46)/t33-,34-. The summed E-state index contributed by atoms with van der Waals surface area (Å²) < 4.78 is 8.54. The molecule has 0 aliphatic heterocycles. The lowest BCUT2D eigenvalue weighted by Gasteiger charge is -2.36. The normalized spacial score (nSPS) is 16.6. The molecule has 2 N–H and O–H groups in total. The highest BCUT2D eigenvalue weighted by Gasteiger charge is 2.41. The topological polar surface area (TPSA) is 94.0 Å². The lowest BCUT2D eigenvalue weighted by Crippen LogP contribution is -2.42. The summed E-state index contributed by atoms with van der Waals surface area (Å²) in [5, 5.41) is 13.0. The zero-order chi connectivity index (χ0) is 34.7. The van der Waals surface area contributed by atoms with Gasteiger partial charge in [0.25, 0.3) is 0 Å². The monoisotopic (exact) mass is 728 g/mol. The van der Waals surface area contributed by atoms with Gasteiger partial charge in [-0.3, -0.25) is 0 Å². The molecule has 0 radical (unpaired) electrons. The summed E-state index contributed by atoms with van der Waals surface area (Å²) in [6, 6.07) is 40.0. The molecule has 2 aromatic heterocycles. The van der Waals surface area contributed by atoms with Gasteiger partial charge in [0.2, 0.25) is 5.95 Å². The maximum absolute atomic E-state index is 12.4. The third-order valence-corrected chi connectivity index (χ3v) is 9.69. The molecule has 1 fully saturated rings. The fourth-order valence-corrected chi connectivity index (χ4v) is 7.40. The van der Waals surface area contributed by atoms with Crippen LogP contribution in [0.5, 0.6) is 0 Å². The Morgan fingerprint density at radius 2 is 1.34 bits per heavy atom. The van der Waals surface area contributed by atoms with Gasteiger partial charge in [0, 0.05) is 28.3 Å². The number of anilines is 1. The van der Waals surface area contributed by atoms with Crippen molar-refractivity contribution in [1.29, 1.82) is 0 Å². The second-order valence-electron chi connectivity index (χ2n) is 13.8. The van der Waals surface area contributed by atoms with E-state index in [1.807, 2.05) is 57.3 Å². The van der Waals surface area contributed by atoms with Gasteiger partial charge in [-0.15, -0.1) is 0 Å². The van der Waals surface area contributed by atoms with Gasteiger partial charge in [0.15, 0.2) is 5.65 Å². The summed E-state index contributed by atoms with van der Waals surface area (Å²) in [4.78, 5) is 22.5. The van der Waals surface area contributed by atoms with Gasteiger partial charge in [-0.25, -0.2) is 14.5 Å². The van der Waals surface area contributed by atoms with Gasteiger partial charge in [-0.1, -0.05) is 119 Å². The molecule has 254 valence electrons. The molecular weight excluding hydrogens is 688 g/mol. The van der Waals surface area contributed by atoms with E-state index >= 15 is 0 Å². The summed E-state index contributed by atoms with van der Waals surface area (Å²) in [7, 11) is 0. The van der Waals surface area contributed by atoms with Crippen LogP contribution in [-0.2, 0) is 10.3 Å². The van der Waals surface area contributed by atoms with Crippen molar-refractivity contribution < 1.29 is 9.53 Å². The van der Waals surface area contributed by atoms with Crippen LogP contribution >= 0.6 is 15.9 Å². The molecule has 0 saturated heterocycles. The number of benzene rings is 4. The summed E-state index contributed by atoms with van der Waals surface area (Å²) in [6.45, 7) is 5.63. The van der Waals surface area contributed by atoms with Gasteiger partial charge in [0.1, 0.15) is 16.8 Å². The second kappa shape index (κ2) is 14.1. The molecule has 0 unspecified atom stereocenters. The lowest BCUT2D eigenvalue weighted by atomic mass is 9.77. The molecule has 0 atom stereocenters. The number of ether oxygens (including phenoxy) is 1. The quantitative estimate of drug-likeness (QED) is 0.152. The van der Waals surface area contributed by atoms with E-state index in [-0.39, 0.29) is 18.2 Å². The first-order valence-electron chi connectivity index (χ1n) is 17.2. The molecule has 1 aliphatic rings. The highest BCUT2D eigenvalue weighted by molar-refractivity contribution is 9.10. The van der Waals surface area contributed by atoms with Gasteiger partial charge in [0.05, 0.1) is 5.39 Å². The van der Waals surface area contributed by atoms with Crippen molar-refractivity contribution in [2.45, 2.75) is 69.7 Å². The molecule has 8 nitrogen and oxygen atoms in total. The van der Waals surface area contributed by atoms with Gasteiger partial charge in [-0.05, 0) is 75.3 Å². The average molecular weight is 730 g/mol. The molecule has 6 aromatic rings. The van der Waals surface area contributed by atoms with Crippen LogP contribution in [0.2, 0.25) is 0 Å². The Labute approximate surface area is 301 Å². The molecule has 1 saturated carbocycles. The molecule has 50 heavy (non-hydrogen) atoms. The number of halogens is 1. The minimum absolute atomic E-state index is 0.0729. The number of fused-ring (bicyclic) bond motifs is 1. The van der Waals surface area contributed by atoms with Crippen molar-refractivity contribution >= 4 is 39.0 Å². The number of carbonyl (C=O) groups excluding carboxylic acids is 1. The van der Waals surface area contributed by atoms with Gasteiger partial charge >= 0.3 is 6.09 Å². The lowest BCUT2D eigenvalue weighted by molar-refractivity contribution is 0.0492. The van der Waals surface area contributed by atoms with Crippen LogP contribution in [0.3, 0.4) is 0 Å². The number of nitrogens with zero attached hydrogens (tertiary/aromatic N) is 4. The number of hydrogen-bond acceptors (Lipinski definition) is 6. The number of rotatable bonds is 8. The molecule has 0 spiro atoms. The minimum Gasteiger partial charge on any atom is -0.444 e. The van der Waals surface area contributed by atoms with Crippen molar-refractivity contribution in [3.63, 3.8) is 0 Å². The Morgan fingerprint density at radius 1 is 0.780 bits per heavy atom. The van der Waals surface area contributed by atoms with Crippen LogP contribution in [0, 0.1) is 0 Å². The van der Waals surface area contributed by atoms with E-state index in [9.17, 15) is 4.79 Å². The number of aromatic nitrogens is 4. The Bertz CT molecular complexity index is 1970. The first-order valence-corrected chi connectivity index (χ1v) is 17.9. The molecule has 0 bridgehead atoms. The van der Waals surface area contributed by atoms with Gasteiger partial charge in [-0.2, -0.15) is 10.1 Å². The maximum Gasteiger partial charge on any atom is 0.407 e. The molecule has 2 heterocycles. The molecule has 1 amide bonds. The Balaban J connectivity index is 1.34. The number of alkyl carbamates (subject to hydrolysis) is 1. The first kappa shape index (κ1) is 33.5. The summed E-state index contributed by atoms with van der Waals surface area (Å²) >= 11 is 3.67. The van der Waals surface area contributed by atoms with Crippen molar-refractivity contribution in [3.8, 4) is 11.3 Å². The van der Waals surface area contributed by atoms with E-state index in [1.165, 1.54) is 0 Å². The average Bonchev–Trinajstić information content (AvgIpc) is 3.49. The molecule has 4 aromatic carbocycles. The van der Waals surface area contributed by atoms with Gasteiger partial charge < -0.3 is 15.4 Å². The van der Waals surface area contributed by atoms with Crippen LogP contribution in [0.4, 0.5) is 10.7 Å². The molecular formula is C41H41BrN6O2. The van der Waals surface area contributed by atoms with Crippen molar-refractivity contribution in [2.24, 2.45) is 0 Å². The number of nitrogens with one attached hydrogen (secondary N) is 2. The van der Waals surface area contributed by atoms with Crippen molar-refractivity contribution in [2.75, 3.05) is 5.32 Å². The van der Waals surface area contributed by atoms with Crippen molar-refractivity contribution in [1.82, 2.24) is 25.1 Å². The fraction of sp³-hybridized carbons (Fsp3) is 0.268. The first-order chi connectivity index (χ1) is 24.2. The number of hydrogen-bond donors (Lipinski definition) is 2. The van der Waals surface area contributed by atoms with Crippen molar-refractivity contribution in [3.05, 3.63) is 143 Å². The third kappa shape index (κ3) is 6.87. The minimum atomic E-state index is -0.858. The van der Waals surface area contributed by atoms with E-state index in [0.29, 0.717) is 11.6 Å². The zero-order valence-corrected chi connectivity index (χ0v) is 30.1. The molecule has 1 aliphatic carbocycles. The SMILES string of the molecule is CC(C)(C)OC(=O)N[C@H]1CC[C@H](Nc2ncc3c(-c4cccc(Br)c4)nn(C(c4ccccc4)(c4ccccc4)c4ccccc4)c3n2)CC1. The molecule has 9 heteroatoms. The van der Waals surface area contributed by atoms with Crippen LogP contribution in [0.25, 0.3) is 22.3 Å². The van der Waals surface area contributed by atoms with Crippen LogP contribution in [0.15, 0.2) is 126 Å². The number of amides is 1. The number of carbonyl (C=O) groups is 1. The van der Waals surface area contributed by atoms with E-state index in [2.05, 4.69) is 116 Å². The van der Waals surface area contributed by atoms with E-state index < -0.39 is 11.1 Å². The Kier molecular flexibility index (Phi) is 9.42. The summed E-state index contributed by atoms with van der Waals surface area (Å²) in [6.07, 6.45) is 4.94. The smallest absolute Gasteiger partial charge is 0.407 e. The predicted octanol–water partition coefficient (Wildman–Crippen LogP) is 9.34. The molecule has 7 rings (SSSR count). The largest absolute Gasteiger partial charge is 0.444 e. The second-order valence-corrected chi connectivity index (χ2v) is 14.8. The highest BCUT2D eigenvalue weighted by atomic mass is 79.9. The highest BCUT2D eigenvalue weighted by Crippen LogP contribution is 2.43. The third-order valence-electron chi connectivity index (χ3n) is 9.20. The fourth-order valence-electron chi connectivity index (χ4n) is 7.00. The van der Waals surface area contributed by atoms with E-state index in [1.54, 1.807) is 0 Å². The van der Waals surface area contributed by atoms with Crippen LogP contribution < -0.4 is 10.6 Å².